The first-order valence-corrected chi connectivity index (χ1v) is 5.74. The van der Waals surface area contributed by atoms with Gasteiger partial charge in [-0.15, -0.1) is 0 Å². The first-order valence-electron chi connectivity index (χ1n) is 4.62. The Morgan fingerprint density at radius 2 is 2.08 bits per heavy atom. The molecule has 0 radical (unpaired) electrons. The molecule has 2 bridgehead atoms. The molecule has 0 aromatic heterocycles. The van der Waals surface area contributed by atoms with Crippen molar-refractivity contribution in [2.45, 2.75) is 26.7 Å². The van der Waals surface area contributed by atoms with Crippen molar-refractivity contribution in [1.29, 1.82) is 0 Å². The molecule has 72 valence electrons. The minimum absolute atomic E-state index is 0.0237. The lowest BCUT2D eigenvalue weighted by Crippen LogP contribution is -2.36. The Labute approximate surface area is 86.2 Å². The van der Waals surface area contributed by atoms with Crippen LogP contribution in [0.15, 0.2) is 0 Å². The first-order chi connectivity index (χ1) is 5.97. The number of ketones is 2. The molecule has 13 heavy (non-hydrogen) atoms. The summed E-state index contributed by atoms with van der Waals surface area (Å²) in [4.78, 5) is 23.3. The summed E-state index contributed by atoms with van der Waals surface area (Å²) in [6.45, 7) is 4.00. The highest BCUT2D eigenvalue weighted by molar-refractivity contribution is 9.09. The van der Waals surface area contributed by atoms with Crippen molar-refractivity contribution in [2.75, 3.05) is 5.33 Å². The van der Waals surface area contributed by atoms with E-state index in [0.29, 0.717) is 0 Å². The van der Waals surface area contributed by atoms with E-state index < -0.39 is 5.41 Å². The molecule has 2 aliphatic rings. The molecule has 0 N–H and O–H groups in total. The molecule has 0 aliphatic heterocycles. The molecule has 0 heterocycles. The highest BCUT2D eigenvalue weighted by atomic mass is 79.9. The topological polar surface area (TPSA) is 34.1 Å². The zero-order chi connectivity index (χ0) is 9.85. The Hall–Kier alpha value is -0.180. The van der Waals surface area contributed by atoms with Crippen molar-refractivity contribution in [3.8, 4) is 0 Å². The van der Waals surface area contributed by atoms with Crippen molar-refractivity contribution in [3.05, 3.63) is 0 Å². The Morgan fingerprint density at radius 1 is 1.46 bits per heavy atom. The average Bonchev–Trinajstić information content (AvgIpc) is 2.44. The second-order valence-corrected chi connectivity index (χ2v) is 5.23. The molecule has 2 nitrogen and oxygen atoms in total. The van der Waals surface area contributed by atoms with Gasteiger partial charge in [0.25, 0.3) is 0 Å². The van der Waals surface area contributed by atoms with Gasteiger partial charge in [0.05, 0.1) is 0 Å². The fraction of sp³-hybridized carbons (Fsp3) is 0.800. The van der Waals surface area contributed by atoms with E-state index in [0.717, 1.165) is 18.2 Å². The van der Waals surface area contributed by atoms with E-state index in [1.807, 2.05) is 6.92 Å². The van der Waals surface area contributed by atoms with Gasteiger partial charge in [-0.2, -0.15) is 0 Å². The fourth-order valence-electron chi connectivity index (χ4n) is 2.89. The molecule has 0 saturated heterocycles. The van der Waals surface area contributed by atoms with Crippen LogP contribution in [0.4, 0.5) is 0 Å². The number of hydrogen-bond acceptors (Lipinski definition) is 2. The number of Topliss-reactive ketones (excluding diaryl/α,β-unsaturated/α-hetero) is 2. The lowest BCUT2D eigenvalue weighted by molar-refractivity contribution is -0.141. The van der Waals surface area contributed by atoms with Crippen LogP contribution in [0.3, 0.4) is 0 Å². The van der Waals surface area contributed by atoms with E-state index in [9.17, 15) is 9.59 Å². The number of carbonyl (C=O) groups is 2. The predicted octanol–water partition coefficient (Wildman–Crippen LogP) is 1.96. The van der Waals surface area contributed by atoms with Crippen LogP contribution in [0, 0.1) is 16.7 Å². The number of fused-ring (bicyclic) bond motifs is 2. The van der Waals surface area contributed by atoms with Crippen LogP contribution in [-0.2, 0) is 9.59 Å². The molecule has 2 aliphatic carbocycles. The van der Waals surface area contributed by atoms with Gasteiger partial charge in [-0.1, -0.05) is 29.8 Å². The van der Waals surface area contributed by atoms with Crippen LogP contribution in [0.5, 0.6) is 0 Å². The Bertz CT molecular complexity index is 299. The second kappa shape index (κ2) is 2.44. The molecule has 2 saturated carbocycles. The maximum absolute atomic E-state index is 11.7. The summed E-state index contributed by atoms with van der Waals surface area (Å²) in [6.07, 6.45) is 1.77. The molecular formula is C10H13BrO2. The van der Waals surface area contributed by atoms with Crippen LogP contribution in [0.25, 0.3) is 0 Å². The van der Waals surface area contributed by atoms with Crippen molar-refractivity contribution in [1.82, 2.24) is 0 Å². The van der Waals surface area contributed by atoms with Crippen LogP contribution in [0.2, 0.25) is 0 Å². The summed E-state index contributed by atoms with van der Waals surface area (Å²) in [5.74, 6) is -0.286. The first kappa shape index (κ1) is 9.38. The summed E-state index contributed by atoms with van der Waals surface area (Å²) >= 11 is 3.44. The maximum Gasteiger partial charge on any atom is 0.205 e. The third kappa shape index (κ3) is 0.797. The monoisotopic (exact) mass is 244 g/mol. The quantitative estimate of drug-likeness (QED) is 0.522. The number of hydrogen-bond donors (Lipinski definition) is 0. The normalized spacial score (nSPS) is 49.0. The third-order valence-electron chi connectivity index (χ3n) is 4.28. The molecule has 0 aromatic rings. The van der Waals surface area contributed by atoms with E-state index in [1.165, 1.54) is 0 Å². The molecule has 3 unspecified atom stereocenters. The minimum Gasteiger partial charge on any atom is -0.291 e. The number of halogens is 1. The van der Waals surface area contributed by atoms with Gasteiger partial charge in [-0.3, -0.25) is 9.59 Å². The average molecular weight is 245 g/mol. The van der Waals surface area contributed by atoms with Crippen molar-refractivity contribution >= 4 is 27.5 Å². The van der Waals surface area contributed by atoms with Gasteiger partial charge in [0.2, 0.25) is 11.6 Å². The van der Waals surface area contributed by atoms with E-state index in [-0.39, 0.29) is 22.9 Å². The summed E-state index contributed by atoms with van der Waals surface area (Å²) in [6, 6.07) is 0. The molecule has 3 heteroatoms. The molecule has 3 atom stereocenters. The number of carbonyl (C=O) groups excluding carboxylic acids is 2. The van der Waals surface area contributed by atoms with Crippen LogP contribution in [-0.4, -0.2) is 16.9 Å². The lowest BCUT2D eigenvalue weighted by atomic mass is 9.70. The van der Waals surface area contributed by atoms with E-state index in [2.05, 4.69) is 22.9 Å². The number of alkyl halides is 1. The van der Waals surface area contributed by atoms with Crippen molar-refractivity contribution in [2.24, 2.45) is 16.7 Å². The Morgan fingerprint density at radius 3 is 2.38 bits per heavy atom. The SMILES string of the molecule is CC12CCC(C(=O)C1=O)C2(C)CBr. The minimum atomic E-state index is -0.391. The summed E-state index contributed by atoms with van der Waals surface area (Å²) in [5.41, 5.74) is -0.528. The fourth-order valence-corrected chi connectivity index (χ4v) is 3.90. The Balaban J connectivity index is 2.55. The lowest BCUT2D eigenvalue weighted by Gasteiger charge is -2.33. The predicted molar refractivity (Wildman–Crippen MR) is 52.7 cm³/mol. The van der Waals surface area contributed by atoms with Gasteiger partial charge in [0.1, 0.15) is 0 Å². The maximum atomic E-state index is 11.7. The summed E-state index contributed by atoms with van der Waals surface area (Å²) in [7, 11) is 0. The summed E-state index contributed by atoms with van der Waals surface area (Å²) < 4.78 is 0. The van der Waals surface area contributed by atoms with E-state index >= 15 is 0 Å². The molecule has 0 aromatic carbocycles. The molecule has 0 amide bonds. The van der Waals surface area contributed by atoms with Gasteiger partial charge in [0.15, 0.2) is 0 Å². The smallest absolute Gasteiger partial charge is 0.205 e. The van der Waals surface area contributed by atoms with Crippen LogP contribution < -0.4 is 0 Å². The molecule has 0 spiro atoms. The standard InChI is InChI=1S/C10H13BrO2/c1-9-4-3-6(7(12)8(9)13)10(9,2)5-11/h6H,3-5H2,1-2H3. The van der Waals surface area contributed by atoms with Crippen molar-refractivity contribution in [3.63, 3.8) is 0 Å². The van der Waals surface area contributed by atoms with Gasteiger partial charge in [-0.05, 0) is 12.8 Å². The van der Waals surface area contributed by atoms with Crippen LogP contribution in [0.1, 0.15) is 26.7 Å². The van der Waals surface area contributed by atoms with Gasteiger partial charge in [-0.25, -0.2) is 0 Å². The van der Waals surface area contributed by atoms with Gasteiger partial charge < -0.3 is 0 Å². The Kier molecular flexibility index (Phi) is 1.76. The van der Waals surface area contributed by atoms with E-state index in [4.69, 9.17) is 0 Å². The third-order valence-corrected chi connectivity index (χ3v) is 5.45. The molecular weight excluding hydrogens is 232 g/mol. The highest BCUT2D eigenvalue weighted by Gasteiger charge is 2.67. The molecule has 2 rings (SSSR count). The number of rotatable bonds is 1. The van der Waals surface area contributed by atoms with Crippen molar-refractivity contribution < 1.29 is 9.59 Å². The van der Waals surface area contributed by atoms with Crippen LogP contribution >= 0.6 is 15.9 Å². The van der Waals surface area contributed by atoms with Gasteiger partial charge >= 0.3 is 0 Å². The van der Waals surface area contributed by atoms with Gasteiger partial charge in [0, 0.05) is 22.1 Å². The molecule has 2 fully saturated rings. The zero-order valence-electron chi connectivity index (χ0n) is 7.89. The second-order valence-electron chi connectivity index (χ2n) is 4.67. The zero-order valence-corrected chi connectivity index (χ0v) is 9.48. The highest BCUT2D eigenvalue weighted by Crippen LogP contribution is 2.62. The largest absolute Gasteiger partial charge is 0.291 e. The van der Waals surface area contributed by atoms with E-state index in [1.54, 1.807) is 0 Å². The summed E-state index contributed by atoms with van der Waals surface area (Å²) in [5, 5.41) is 0.749.